The van der Waals surface area contributed by atoms with Crippen LogP contribution in [0.4, 0.5) is 11.6 Å². The molecule has 0 fully saturated rings. The van der Waals surface area contributed by atoms with E-state index >= 15 is 0 Å². The molecule has 3 N–H and O–H groups in total. The van der Waals surface area contributed by atoms with Crippen LogP contribution < -0.4 is 11.1 Å². The molecule has 0 radical (unpaired) electrons. The first-order chi connectivity index (χ1) is 10.1. The van der Waals surface area contributed by atoms with E-state index in [1.807, 2.05) is 6.07 Å². The zero-order valence-electron chi connectivity index (χ0n) is 12.6. The van der Waals surface area contributed by atoms with Gasteiger partial charge in [-0.15, -0.1) is 0 Å². The first kappa shape index (κ1) is 13.9. The second kappa shape index (κ2) is 5.72. The Labute approximate surface area is 125 Å². The number of rotatable bonds is 3. The van der Waals surface area contributed by atoms with Gasteiger partial charge in [0, 0.05) is 18.0 Å². The number of nitrogen functional groups attached to an aromatic ring is 1. The fourth-order valence-corrected chi connectivity index (χ4v) is 2.85. The Hall–Kier alpha value is -2.10. The standard InChI is InChI=1S/C17H22N4/c1-11(2)17-20-15(18)10-16(21-17)19-14-8-7-12-5-3-4-6-13(12)9-14/h3-6,10-11,14H,7-9H2,1-2H3,(H3,18,19,20,21). The summed E-state index contributed by atoms with van der Waals surface area (Å²) in [6.07, 6.45) is 3.28. The summed E-state index contributed by atoms with van der Waals surface area (Å²) >= 11 is 0. The zero-order chi connectivity index (χ0) is 14.8. The lowest BCUT2D eigenvalue weighted by Crippen LogP contribution is -2.28. The van der Waals surface area contributed by atoms with Crippen LogP contribution in [0.3, 0.4) is 0 Å². The summed E-state index contributed by atoms with van der Waals surface area (Å²) in [5, 5.41) is 3.53. The lowest BCUT2D eigenvalue weighted by Gasteiger charge is -2.26. The summed E-state index contributed by atoms with van der Waals surface area (Å²) in [4.78, 5) is 8.87. The maximum Gasteiger partial charge on any atom is 0.135 e. The number of aromatic nitrogens is 2. The predicted molar refractivity (Wildman–Crippen MR) is 86.4 cm³/mol. The van der Waals surface area contributed by atoms with Crippen LogP contribution in [0, 0.1) is 0 Å². The van der Waals surface area contributed by atoms with E-state index < -0.39 is 0 Å². The highest BCUT2D eigenvalue weighted by Crippen LogP contribution is 2.24. The first-order valence-corrected chi connectivity index (χ1v) is 7.59. The summed E-state index contributed by atoms with van der Waals surface area (Å²) in [7, 11) is 0. The third-order valence-corrected chi connectivity index (χ3v) is 3.98. The smallest absolute Gasteiger partial charge is 0.135 e. The SMILES string of the molecule is CC(C)c1nc(N)cc(NC2CCc3ccccc3C2)n1. The van der Waals surface area contributed by atoms with Crippen LogP contribution >= 0.6 is 0 Å². The molecule has 0 bridgehead atoms. The van der Waals surface area contributed by atoms with E-state index in [1.165, 1.54) is 11.1 Å². The number of benzene rings is 1. The number of anilines is 2. The molecule has 110 valence electrons. The van der Waals surface area contributed by atoms with Crippen molar-refractivity contribution in [3.05, 3.63) is 47.3 Å². The van der Waals surface area contributed by atoms with Gasteiger partial charge in [0.25, 0.3) is 0 Å². The Bertz CT molecular complexity index is 636. The van der Waals surface area contributed by atoms with E-state index in [0.717, 1.165) is 30.9 Å². The Kier molecular flexibility index (Phi) is 3.78. The molecular weight excluding hydrogens is 260 g/mol. The normalized spacial score (nSPS) is 17.6. The topological polar surface area (TPSA) is 63.8 Å². The van der Waals surface area contributed by atoms with Crippen molar-refractivity contribution < 1.29 is 0 Å². The second-order valence-electron chi connectivity index (χ2n) is 6.04. The lowest BCUT2D eigenvalue weighted by molar-refractivity contribution is 0.607. The van der Waals surface area contributed by atoms with Gasteiger partial charge in [-0.05, 0) is 30.4 Å². The van der Waals surface area contributed by atoms with Crippen molar-refractivity contribution in [2.75, 3.05) is 11.1 Å². The Balaban J connectivity index is 1.76. The van der Waals surface area contributed by atoms with Crippen molar-refractivity contribution in [1.29, 1.82) is 0 Å². The fourth-order valence-electron chi connectivity index (χ4n) is 2.85. The molecule has 21 heavy (non-hydrogen) atoms. The molecule has 1 aromatic heterocycles. The molecule has 0 saturated carbocycles. The monoisotopic (exact) mass is 282 g/mol. The van der Waals surface area contributed by atoms with E-state index in [4.69, 9.17) is 5.73 Å². The number of nitrogens with one attached hydrogen (secondary N) is 1. The minimum atomic E-state index is 0.279. The molecule has 1 aliphatic rings. The van der Waals surface area contributed by atoms with Crippen LogP contribution in [-0.4, -0.2) is 16.0 Å². The van der Waals surface area contributed by atoms with Crippen molar-refractivity contribution in [1.82, 2.24) is 9.97 Å². The van der Waals surface area contributed by atoms with Gasteiger partial charge >= 0.3 is 0 Å². The van der Waals surface area contributed by atoms with Crippen LogP contribution in [-0.2, 0) is 12.8 Å². The largest absolute Gasteiger partial charge is 0.384 e. The molecule has 4 nitrogen and oxygen atoms in total. The molecule has 3 rings (SSSR count). The summed E-state index contributed by atoms with van der Waals surface area (Å²) in [5.41, 5.74) is 8.80. The van der Waals surface area contributed by atoms with E-state index in [0.29, 0.717) is 11.9 Å². The maximum atomic E-state index is 5.89. The summed E-state index contributed by atoms with van der Waals surface area (Å²) in [6, 6.07) is 10.9. The van der Waals surface area contributed by atoms with Crippen LogP contribution in [0.1, 0.15) is 43.1 Å². The summed E-state index contributed by atoms with van der Waals surface area (Å²) in [5.74, 6) is 2.46. The third kappa shape index (κ3) is 3.15. The number of fused-ring (bicyclic) bond motifs is 1. The van der Waals surface area contributed by atoms with Gasteiger partial charge in [0.15, 0.2) is 0 Å². The van der Waals surface area contributed by atoms with Crippen LogP contribution in [0.2, 0.25) is 0 Å². The molecule has 1 aromatic carbocycles. The first-order valence-electron chi connectivity index (χ1n) is 7.59. The van der Waals surface area contributed by atoms with Crippen molar-refractivity contribution in [3.8, 4) is 0 Å². The van der Waals surface area contributed by atoms with Gasteiger partial charge in [-0.3, -0.25) is 0 Å². The molecule has 1 unspecified atom stereocenters. The number of hydrogen-bond acceptors (Lipinski definition) is 4. The van der Waals surface area contributed by atoms with Gasteiger partial charge in [-0.25, -0.2) is 9.97 Å². The zero-order valence-corrected chi connectivity index (χ0v) is 12.6. The van der Waals surface area contributed by atoms with E-state index in [2.05, 4.69) is 53.4 Å². The van der Waals surface area contributed by atoms with Gasteiger partial charge in [0.1, 0.15) is 17.5 Å². The molecule has 1 aliphatic carbocycles. The van der Waals surface area contributed by atoms with Gasteiger partial charge in [-0.2, -0.15) is 0 Å². The third-order valence-electron chi connectivity index (χ3n) is 3.98. The minimum Gasteiger partial charge on any atom is -0.384 e. The van der Waals surface area contributed by atoms with Gasteiger partial charge in [-0.1, -0.05) is 38.1 Å². The van der Waals surface area contributed by atoms with Crippen molar-refractivity contribution in [2.24, 2.45) is 0 Å². The molecule has 0 spiro atoms. The Morgan fingerprint density at radius 1 is 1.19 bits per heavy atom. The van der Waals surface area contributed by atoms with Gasteiger partial charge < -0.3 is 11.1 Å². The molecule has 0 saturated heterocycles. The minimum absolute atomic E-state index is 0.279. The average Bonchev–Trinajstić information content (AvgIpc) is 2.46. The second-order valence-corrected chi connectivity index (χ2v) is 6.04. The van der Waals surface area contributed by atoms with Crippen molar-refractivity contribution in [3.63, 3.8) is 0 Å². The maximum absolute atomic E-state index is 5.89. The van der Waals surface area contributed by atoms with E-state index in [9.17, 15) is 0 Å². The molecule has 1 atom stereocenters. The predicted octanol–water partition coefficient (Wildman–Crippen LogP) is 3.15. The van der Waals surface area contributed by atoms with Crippen molar-refractivity contribution >= 4 is 11.6 Å². The van der Waals surface area contributed by atoms with Crippen LogP contribution in [0.15, 0.2) is 30.3 Å². The Morgan fingerprint density at radius 3 is 2.71 bits per heavy atom. The lowest BCUT2D eigenvalue weighted by atomic mass is 9.88. The number of nitrogens with two attached hydrogens (primary N) is 1. The number of hydrogen-bond donors (Lipinski definition) is 2. The number of aryl methyl sites for hydroxylation is 1. The van der Waals surface area contributed by atoms with Crippen LogP contribution in [0.25, 0.3) is 0 Å². The highest BCUT2D eigenvalue weighted by atomic mass is 15.1. The molecule has 0 aliphatic heterocycles. The van der Waals surface area contributed by atoms with Crippen molar-refractivity contribution in [2.45, 2.75) is 45.1 Å². The molecule has 1 heterocycles. The van der Waals surface area contributed by atoms with Gasteiger partial charge in [0.2, 0.25) is 0 Å². The fraction of sp³-hybridized carbons (Fsp3) is 0.412. The Morgan fingerprint density at radius 2 is 1.95 bits per heavy atom. The highest BCUT2D eigenvalue weighted by molar-refractivity contribution is 5.46. The molecule has 4 heteroatoms. The average molecular weight is 282 g/mol. The molecular formula is C17H22N4. The highest BCUT2D eigenvalue weighted by Gasteiger charge is 2.19. The van der Waals surface area contributed by atoms with E-state index in [1.54, 1.807) is 0 Å². The summed E-state index contributed by atoms with van der Waals surface area (Å²) in [6.45, 7) is 4.16. The molecule has 2 aromatic rings. The summed E-state index contributed by atoms with van der Waals surface area (Å²) < 4.78 is 0. The van der Waals surface area contributed by atoms with Crippen LogP contribution in [0.5, 0.6) is 0 Å². The quantitative estimate of drug-likeness (QED) is 0.907. The molecule has 0 amide bonds. The van der Waals surface area contributed by atoms with Gasteiger partial charge in [0.05, 0.1) is 0 Å². The number of nitrogens with zero attached hydrogens (tertiary/aromatic N) is 2. The van der Waals surface area contributed by atoms with E-state index in [-0.39, 0.29) is 5.92 Å².